The fraction of sp³-hybridized carbons (Fsp3) is 0.235. The molecule has 23 heavy (non-hydrogen) atoms. The van der Waals surface area contributed by atoms with Gasteiger partial charge in [-0.25, -0.2) is 4.79 Å². The van der Waals surface area contributed by atoms with E-state index in [2.05, 4.69) is 17.9 Å². The predicted octanol–water partition coefficient (Wildman–Crippen LogP) is 4.10. The second-order valence-electron chi connectivity index (χ2n) is 4.81. The lowest BCUT2D eigenvalue weighted by Gasteiger charge is -2.18. The Kier molecular flexibility index (Phi) is 8.48. The third-order valence-electron chi connectivity index (χ3n) is 3.39. The monoisotopic (exact) mass is 371 g/mol. The normalized spacial score (nSPS) is 11.4. The zero-order valence-corrected chi connectivity index (χ0v) is 15.1. The summed E-state index contributed by atoms with van der Waals surface area (Å²) in [4.78, 5) is 13.0. The van der Waals surface area contributed by atoms with E-state index < -0.39 is 6.04 Å². The van der Waals surface area contributed by atoms with Crippen LogP contribution in [0.5, 0.6) is 0 Å². The molecule has 0 fully saturated rings. The lowest BCUT2D eigenvalue weighted by molar-refractivity contribution is -0.143. The Morgan fingerprint density at radius 2 is 1.87 bits per heavy atom. The number of carbonyl (C=O) groups is 1. The highest BCUT2D eigenvalue weighted by molar-refractivity contribution is 7.80. The number of hydrogen-bond donors (Lipinski definition) is 2. The molecule has 0 spiro atoms. The number of benzene rings is 2. The maximum atomic E-state index is 12.0. The summed E-state index contributed by atoms with van der Waals surface area (Å²) in [5.41, 5.74) is 1.84. The van der Waals surface area contributed by atoms with Gasteiger partial charge in [0.1, 0.15) is 6.04 Å². The van der Waals surface area contributed by atoms with E-state index in [-0.39, 0.29) is 18.4 Å². The maximum Gasteiger partial charge on any atom is 0.327 e. The van der Waals surface area contributed by atoms with Crippen LogP contribution in [0.3, 0.4) is 0 Å². The molecule has 1 unspecified atom stereocenters. The Labute approximate surface area is 153 Å². The van der Waals surface area contributed by atoms with Crippen LogP contribution in [-0.2, 0) is 16.0 Å². The number of esters is 1. The fourth-order valence-electron chi connectivity index (χ4n) is 2.22. The van der Waals surface area contributed by atoms with Crippen molar-refractivity contribution in [2.24, 2.45) is 0 Å². The van der Waals surface area contributed by atoms with Gasteiger partial charge in [0.05, 0.1) is 7.11 Å². The first kappa shape index (κ1) is 19.8. The van der Waals surface area contributed by atoms with Gasteiger partial charge in [-0.2, -0.15) is 0 Å². The standard InChI is InChI=1S/C17H18ClNO2S.ClH/c1-21-17(20)16(13-7-3-4-8-14(13)18)19-11-10-12-6-2-5-9-15(12)22;/h2-9,16,19,22H,10-11H2,1H3;1H. The van der Waals surface area contributed by atoms with Crippen molar-refractivity contribution in [3.63, 3.8) is 0 Å². The minimum Gasteiger partial charge on any atom is -0.468 e. The van der Waals surface area contributed by atoms with E-state index >= 15 is 0 Å². The Hall–Kier alpha value is -1.20. The number of rotatable bonds is 6. The molecule has 0 aromatic heterocycles. The lowest BCUT2D eigenvalue weighted by atomic mass is 10.1. The summed E-state index contributed by atoms with van der Waals surface area (Å²) >= 11 is 10.6. The van der Waals surface area contributed by atoms with Crippen LogP contribution in [0.4, 0.5) is 0 Å². The number of hydrogen-bond acceptors (Lipinski definition) is 4. The first-order chi connectivity index (χ1) is 10.6. The van der Waals surface area contributed by atoms with Gasteiger partial charge in [0.25, 0.3) is 0 Å². The molecule has 2 aromatic carbocycles. The number of halogens is 2. The third kappa shape index (κ3) is 5.43. The number of thiol groups is 1. The van der Waals surface area contributed by atoms with Crippen LogP contribution < -0.4 is 5.32 Å². The average Bonchev–Trinajstić information content (AvgIpc) is 2.53. The quantitative estimate of drug-likeness (QED) is 0.592. The fourth-order valence-corrected chi connectivity index (χ4v) is 2.74. The zero-order valence-electron chi connectivity index (χ0n) is 12.7. The van der Waals surface area contributed by atoms with Crippen LogP contribution in [0.15, 0.2) is 53.4 Å². The van der Waals surface area contributed by atoms with E-state index in [4.69, 9.17) is 16.3 Å². The molecule has 6 heteroatoms. The van der Waals surface area contributed by atoms with Crippen molar-refractivity contribution in [3.05, 3.63) is 64.7 Å². The Morgan fingerprint density at radius 1 is 1.22 bits per heavy atom. The highest BCUT2D eigenvalue weighted by atomic mass is 35.5. The molecular formula is C17H19Cl2NO2S. The number of nitrogens with one attached hydrogen (secondary N) is 1. The molecule has 0 aliphatic heterocycles. The Morgan fingerprint density at radius 3 is 2.52 bits per heavy atom. The molecule has 0 bridgehead atoms. The Bertz CT molecular complexity index is 652. The number of ether oxygens (including phenoxy) is 1. The highest BCUT2D eigenvalue weighted by Gasteiger charge is 2.22. The van der Waals surface area contributed by atoms with Crippen LogP contribution >= 0.6 is 36.6 Å². The largest absolute Gasteiger partial charge is 0.468 e. The van der Waals surface area contributed by atoms with Gasteiger partial charge in [0.15, 0.2) is 0 Å². The van der Waals surface area contributed by atoms with E-state index in [9.17, 15) is 4.79 Å². The molecule has 1 atom stereocenters. The van der Waals surface area contributed by atoms with Crippen LogP contribution in [-0.4, -0.2) is 19.6 Å². The zero-order chi connectivity index (χ0) is 15.9. The van der Waals surface area contributed by atoms with Gasteiger partial charge in [-0.3, -0.25) is 0 Å². The van der Waals surface area contributed by atoms with Gasteiger partial charge >= 0.3 is 5.97 Å². The summed E-state index contributed by atoms with van der Waals surface area (Å²) in [5, 5.41) is 3.75. The molecular weight excluding hydrogens is 353 g/mol. The van der Waals surface area contributed by atoms with Gasteiger partial charge in [-0.1, -0.05) is 48.0 Å². The van der Waals surface area contributed by atoms with E-state index in [0.717, 1.165) is 22.4 Å². The molecule has 2 rings (SSSR count). The van der Waals surface area contributed by atoms with Crippen LogP contribution in [0.1, 0.15) is 17.2 Å². The topological polar surface area (TPSA) is 38.3 Å². The van der Waals surface area contributed by atoms with E-state index in [1.165, 1.54) is 7.11 Å². The van der Waals surface area contributed by atoms with Gasteiger partial charge < -0.3 is 10.1 Å². The molecule has 124 valence electrons. The molecule has 0 radical (unpaired) electrons. The minimum absolute atomic E-state index is 0. The summed E-state index contributed by atoms with van der Waals surface area (Å²) in [6.45, 7) is 0.614. The lowest BCUT2D eigenvalue weighted by Crippen LogP contribution is -2.31. The van der Waals surface area contributed by atoms with Crippen molar-refractivity contribution in [3.8, 4) is 0 Å². The molecule has 2 aromatic rings. The molecule has 1 N–H and O–H groups in total. The van der Waals surface area contributed by atoms with Crippen LogP contribution in [0, 0.1) is 0 Å². The molecule has 3 nitrogen and oxygen atoms in total. The first-order valence-electron chi connectivity index (χ1n) is 6.96. The van der Waals surface area contributed by atoms with Crippen molar-refractivity contribution >= 4 is 42.6 Å². The highest BCUT2D eigenvalue weighted by Crippen LogP contribution is 2.23. The van der Waals surface area contributed by atoms with Gasteiger partial charge in [-0.15, -0.1) is 25.0 Å². The number of methoxy groups -OCH3 is 1. The predicted molar refractivity (Wildman–Crippen MR) is 98.9 cm³/mol. The van der Waals surface area contributed by atoms with Crippen molar-refractivity contribution in [1.82, 2.24) is 5.32 Å². The molecule has 0 saturated carbocycles. The molecule has 0 saturated heterocycles. The summed E-state index contributed by atoms with van der Waals surface area (Å²) in [6, 6.07) is 14.6. The molecule has 0 aliphatic rings. The second-order valence-corrected chi connectivity index (χ2v) is 5.70. The summed E-state index contributed by atoms with van der Waals surface area (Å²) in [7, 11) is 1.37. The minimum atomic E-state index is -0.578. The molecule has 0 aliphatic carbocycles. The van der Waals surface area contributed by atoms with Crippen molar-refractivity contribution in [2.75, 3.05) is 13.7 Å². The average molecular weight is 372 g/mol. The Balaban J connectivity index is 0.00000264. The molecule has 0 heterocycles. The second kappa shape index (κ2) is 9.83. The van der Waals surface area contributed by atoms with Gasteiger partial charge in [-0.05, 0) is 29.7 Å². The van der Waals surface area contributed by atoms with Crippen molar-refractivity contribution in [1.29, 1.82) is 0 Å². The smallest absolute Gasteiger partial charge is 0.327 e. The van der Waals surface area contributed by atoms with E-state index in [0.29, 0.717) is 11.6 Å². The summed E-state index contributed by atoms with van der Waals surface area (Å²) in [6.07, 6.45) is 0.762. The summed E-state index contributed by atoms with van der Waals surface area (Å²) in [5.74, 6) is -0.354. The molecule has 0 amide bonds. The van der Waals surface area contributed by atoms with E-state index in [1.807, 2.05) is 42.5 Å². The van der Waals surface area contributed by atoms with Crippen molar-refractivity contribution < 1.29 is 9.53 Å². The van der Waals surface area contributed by atoms with Crippen LogP contribution in [0.25, 0.3) is 0 Å². The maximum absolute atomic E-state index is 12.0. The summed E-state index contributed by atoms with van der Waals surface area (Å²) < 4.78 is 4.87. The number of carbonyl (C=O) groups excluding carboxylic acids is 1. The van der Waals surface area contributed by atoms with Crippen molar-refractivity contribution in [2.45, 2.75) is 17.4 Å². The van der Waals surface area contributed by atoms with E-state index in [1.54, 1.807) is 6.07 Å². The van der Waals surface area contributed by atoms with Crippen LogP contribution in [0.2, 0.25) is 5.02 Å². The SMILES string of the molecule is COC(=O)C(NCCc1ccccc1S)c1ccccc1Cl.Cl. The van der Waals surface area contributed by atoms with Gasteiger partial charge in [0.2, 0.25) is 0 Å². The van der Waals surface area contributed by atoms with Gasteiger partial charge in [0, 0.05) is 16.5 Å². The third-order valence-corrected chi connectivity index (χ3v) is 4.17. The first-order valence-corrected chi connectivity index (χ1v) is 7.78.